The Kier molecular flexibility index (Phi) is 6.56. The van der Waals surface area contributed by atoms with Crippen LogP contribution in [0.4, 0.5) is 13.6 Å². The van der Waals surface area contributed by atoms with E-state index in [1.54, 1.807) is 32.9 Å². The number of ether oxygens (including phenoxy) is 2. The molecule has 5 nitrogen and oxygen atoms in total. The summed E-state index contributed by atoms with van der Waals surface area (Å²) in [6.07, 6.45) is -0.0940. The number of hydrogen-bond acceptors (Lipinski definition) is 5. The van der Waals surface area contributed by atoms with Gasteiger partial charge >= 0.3 is 6.09 Å². The third-order valence-electron chi connectivity index (χ3n) is 5.07. The van der Waals surface area contributed by atoms with Gasteiger partial charge in [0.2, 0.25) is 0 Å². The highest BCUT2D eigenvalue weighted by atomic mass is 79.9. The van der Waals surface area contributed by atoms with Crippen LogP contribution >= 0.6 is 27.7 Å². The quantitative estimate of drug-likeness (QED) is 0.569. The number of rotatable bonds is 5. The number of alkyl halides is 1. The standard InChI is InChI=1S/C21H27BrF2N2O3S/c1-12(2)28-11-20-9-16(20)21(10-23,14-8-13(22)6-7-15(14)24)26-17(30-20)25-18(27)29-19(3,4)5/h6-8,12,16H,9-11H2,1-5H3,(H,25,26,27)/t16-,20-,21-/m1/s1. The average Bonchev–Trinajstić information content (AvgIpc) is 3.35. The molecule has 1 aliphatic carbocycles. The second-order valence-corrected chi connectivity index (χ2v) is 11.3. The fraction of sp³-hybridized carbons (Fsp3) is 0.619. The Labute approximate surface area is 188 Å². The lowest BCUT2D eigenvalue weighted by Gasteiger charge is -2.36. The zero-order valence-corrected chi connectivity index (χ0v) is 20.1. The number of fused-ring (bicyclic) bond motifs is 1. The SMILES string of the molecule is CC(C)OC[C@]12C[C@H]1[C@@](CF)(c1cc(Br)ccc1F)N=C(NC(=O)OC(C)(C)C)S2. The van der Waals surface area contributed by atoms with Crippen LogP contribution in [0.25, 0.3) is 0 Å². The van der Waals surface area contributed by atoms with E-state index in [2.05, 4.69) is 26.2 Å². The minimum absolute atomic E-state index is 0.00950. The number of nitrogens with zero attached hydrogens (tertiary/aromatic N) is 1. The van der Waals surface area contributed by atoms with E-state index in [4.69, 9.17) is 9.47 Å². The summed E-state index contributed by atoms with van der Waals surface area (Å²) >= 11 is 4.68. The van der Waals surface area contributed by atoms with Crippen molar-refractivity contribution in [2.75, 3.05) is 13.3 Å². The average molecular weight is 505 g/mol. The number of thioether (sulfide) groups is 1. The van der Waals surface area contributed by atoms with Crippen LogP contribution in [0.3, 0.4) is 0 Å². The normalized spacial score (nSPS) is 28.0. The van der Waals surface area contributed by atoms with Crippen LogP contribution in [0.5, 0.6) is 0 Å². The van der Waals surface area contributed by atoms with Gasteiger partial charge in [-0.2, -0.15) is 0 Å². The summed E-state index contributed by atoms with van der Waals surface area (Å²) in [6, 6.07) is 4.42. The van der Waals surface area contributed by atoms with Crippen LogP contribution in [0.2, 0.25) is 0 Å². The molecule has 166 valence electrons. The van der Waals surface area contributed by atoms with Crippen LogP contribution in [0, 0.1) is 11.7 Å². The molecule has 0 spiro atoms. The molecule has 30 heavy (non-hydrogen) atoms. The molecule has 9 heteroatoms. The highest BCUT2D eigenvalue weighted by Crippen LogP contribution is 2.66. The van der Waals surface area contributed by atoms with Crippen molar-refractivity contribution < 1.29 is 23.0 Å². The second kappa shape index (κ2) is 8.39. The van der Waals surface area contributed by atoms with Gasteiger partial charge in [0.15, 0.2) is 5.17 Å². The molecule has 1 amide bonds. The molecule has 0 bridgehead atoms. The Morgan fingerprint density at radius 3 is 2.73 bits per heavy atom. The van der Waals surface area contributed by atoms with Gasteiger partial charge in [0, 0.05) is 16.0 Å². The van der Waals surface area contributed by atoms with Gasteiger partial charge in [-0.25, -0.2) is 18.6 Å². The van der Waals surface area contributed by atoms with Gasteiger partial charge in [0.25, 0.3) is 0 Å². The van der Waals surface area contributed by atoms with Crippen molar-refractivity contribution in [3.63, 3.8) is 0 Å². The van der Waals surface area contributed by atoms with E-state index < -0.39 is 34.5 Å². The predicted molar refractivity (Wildman–Crippen MR) is 118 cm³/mol. The van der Waals surface area contributed by atoms with Crippen LogP contribution in [0.1, 0.15) is 46.6 Å². The molecule has 1 aliphatic heterocycles. The summed E-state index contributed by atoms with van der Waals surface area (Å²) < 4.78 is 40.8. The number of amidine groups is 1. The van der Waals surface area contributed by atoms with E-state index >= 15 is 0 Å². The van der Waals surface area contributed by atoms with Crippen molar-refractivity contribution >= 4 is 39.0 Å². The molecule has 0 saturated heterocycles. The number of carbonyl (C=O) groups excluding carboxylic acids is 1. The smallest absolute Gasteiger partial charge is 0.413 e. The molecular formula is C21H27BrF2N2O3S. The van der Waals surface area contributed by atoms with Crippen molar-refractivity contribution in [3.05, 3.63) is 34.1 Å². The first-order chi connectivity index (χ1) is 13.9. The van der Waals surface area contributed by atoms with Gasteiger partial charge in [0.1, 0.15) is 23.6 Å². The molecular weight excluding hydrogens is 478 g/mol. The van der Waals surface area contributed by atoms with Gasteiger partial charge in [-0.3, -0.25) is 5.32 Å². The summed E-state index contributed by atoms with van der Waals surface area (Å²) in [4.78, 5) is 16.9. The molecule has 1 N–H and O–H groups in total. The second-order valence-electron chi connectivity index (χ2n) is 9.01. The van der Waals surface area contributed by atoms with Crippen LogP contribution in [0.15, 0.2) is 27.7 Å². The minimum atomic E-state index is -1.44. The van der Waals surface area contributed by atoms with Crippen molar-refractivity contribution in [3.8, 4) is 0 Å². The van der Waals surface area contributed by atoms with Crippen LogP contribution < -0.4 is 5.32 Å². The molecule has 1 aromatic rings. The van der Waals surface area contributed by atoms with Crippen LogP contribution in [-0.2, 0) is 15.0 Å². The molecule has 0 unspecified atom stereocenters. The van der Waals surface area contributed by atoms with Crippen molar-refractivity contribution in [2.24, 2.45) is 10.9 Å². The van der Waals surface area contributed by atoms with E-state index in [-0.39, 0.29) is 22.8 Å². The Morgan fingerprint density at radius 1 is 1.43 bits per heavy atom. The molecule has 2 aliphatic rings. The first-order valence-electron chi connectivity index (χ1n) is 9.83. The third-order valence-corrected chi connectivity index (χ3v) is 6.92. The van der Waals surface area contributed by atoms with Gasteiger partial charge in [-0.05, 0) is 59.2 Å². The number of hydrogen-bond donors (Lipinski definition) is 1. The number of halogens is 3. The molecule has 1 heterocycles. The van der Waals surface area contributed by atoms with Gasteiger partial charge in [0.05, 0.1) is 17.5 Å². The number of nitrogens with one attached hydrogen (secondary N) is 1. The lowest BCUT2D eigenvalue weighted by Crippen LogP contribution is -2.45. The fourth-order valence-electron chi connectivity index (χ4n) is 3.69. The van der Waals surface area contributed by atoms with Crippen molar-refractivity contribution in [1.29, 1.82) is 0 Å². The number of amides is 1. The number of aliphatic imine (C=N–C) groups is 1. The first kappa shape index (κ1) is 23.5. The molecule has 1 aromatic carbocycles. The third kappa shape index (κ3) is 4.83. The lowest BCUT2D eigenvalue weighted by atomic mass is 9.85. The predicted octanol–water partition coefficient (Wildman–Crippen LogP) is 5.56. The van der Waals surface area contributed by atoms with Gasteiger partial charge in [-0.15, -0.1) is 0 Å². The number of carbonyl (C=O) groups is 1. The Hall–Kier alpha value is -1.19. The van der Waals surface area contributed by atoms with E-state index in [0.717, 1.165) is 0 Å². The summed E-state index contributed by atoms with van der Waals surface area (Å²) in [5.41, 5.74) is -1.97. The fourth-order valence-corrected chi connectivity index (χ4v) is 5.49. The molecule has 1 saturated carbocycles. The Balaban J connectivity index is 2.01. The Bertz CT molecular complexity index is 861. The lowest BCUT2D eigenvalue weighted by molar-refractivity contribution is 0.0561. The summed E-state index contributed by atoms with van der Waals surface area (Å²) in [5, 5.41) is 2.84. The summed E-state index contributed by atoms with van der Waals surface area (Å²) in [5.74, 6) is -0.791. The van der Waals surface area contributed by atoms with Gasteiger partial charge in [-0.1, -0.05) is 27.7 Å². The molecule has 3 atom stereocenters. The van der Waals surface area contributed by atoms with Crippen molar-refractivity contribution in [1.82, 2.24) is 5.32 Å². The maximum absolute atomic E-state index is 14.8. The topological polar surface area (TPSA) is 59.9 Å². The van der Waals surface area contributed by atoms with E-state index in [1.807, 2.05) is 13.8 Å². The summed E-state index contributed by atoms with van der Waals surface area (Å²) in [6.45, 7) is 8.55. The van der Waals surface area contributed by atoms with Crippen molar-refractivity contribution in [2.45, 2.75) is 63.0 Å². The zero-order chi connectivity index (χ0) is 22.3. The van der Waals surface area contributed by atoms with E-state index in [0.29, 0.717) is 17.5 Å². The highest BCUT2D eigenvalue weighted by molar-refractivity contribution is 9.10. The molecule has 3 rings (SSSR count). The number of alkyl carbamates (subject to hydrolysis) is 1. The highest BCUT2D eigenvalue weighted by Gasteiger charge is 2.69. The summed E-state index contributed by atoms with van der Waals surface area (Å²) in [7, 11) is 0. The van der Waals surface area contributed by atoms with E-state index in [1.165, 1.54) is 17.8 Å². The molecule has 1 fully saturated rings. The molecule has 0 aromatic heterocycles. The minimum Gasteiger partial charge on any atom is -0.444 e. The maximum Gasteiger partial charge on any atom is 0.413 e. The molecule has 0 radical (unpaired) electrons. The van der Waals surface area contributed by atoms with Gasteiger partial charge < -0.3 is 9.47 Å². The maximum atomic E-state index is 14.8. The largest absolute Gasteiger partial charge is 0.444 e. The number of benzene rings is 1. The van der Waals surface area contributed by atoms with E-state index in [9.17, 15) is 13.6 Å². The van der Waals surface area contributed by atoms with Crippen LogP contribution in [-0.4, -0.2) is 41.0 Å². The monoisotopic (exact) mass is 504 g/mol. The zero-order valence-electron chi connectivity index (χ0n) is 17.7. The first-order valence-corrected chi connectivity index (χ1v) is 11.4. The Morgan fingerprint density at radius 2 is 2.13 bits per heavy atom.